The average molecular weight is 276 g/mol. The Morgan fingerprint density at radius 2 is 2.26 bits per heavy atom. The molecule has 2 heterocycles. The number of nitrogens with one attached hydrogen (secondary N) is 2. The van der Waals surface area contributed by atoms with Gasteiger partial charge in [0.15, 0.2) is 0 Å². The summed E-state index contributed by atoms with van der Waals surface area (Å²) in [5.41, 5.74) is 1.50. The van der Waals surface area contributed by atoms with Gasteiger partial charge in [-0.3, -0.25) is 4.79 Å². The summed E-state index contributed by atoms with van der Waals surface area (Å²) >= 11 is 1.55. The van der Waals surface area contributed by atoms with E-state index < -0.39 is 0 Å². The normalized spacial score (nSPS) is 11.9. The number of thiazole rings is 1. The minimum Gasteiger partial charge on any atom is -0.372 e. The summed E-state index contributed by atoms with van der Waals surface area (Å²) in [6, 6.07) is 3.37. The van der Waals surface area contributed by atoms with Crippen molar-refractivity contribution in [1.82, 2.24) is 15.3 Å². The van der Waals surface area contributed by atoms with Crippen molar-refractivity contribution in [2.24, 2.45) is 0 Å². The van der Waals surface area contributed by atoms with Crippen LogP contribution in [-0.2, 0) is 0 Å². The Kier molecular flexibility index (Phi) is 4.11. The number of nitrogens with zero attached hydrogens (tertiary/aromatic N) is 2. The molecule has 0 saturated carbocycles. The fourth-order valence-corrected chi connectivity index (χ4v) is 2.50. The molecule has 2 N–H and O–H groups in total. The molecule has 1 atom stereocenters. The number of hydrogen-bond acceptors (Lipinski definition) is 5. The van der Waals surface area contributed by atoms with Crippen molar-refractivity contribution in [2.45, 2.75) is 19.9 Å². The van der Waals surface area contributed by atoms with Gasteiger partial charge in [-0.05, 0) is 26.0 Å². The number of aryl methyl sites for hydroxylation is 1. The van der Waals surface area contributed by atoms with Gasteiger partial charge in [0, 0.05) is 24.3 Å². The van der Waals surface area contributed by atoms with E-state index in [-0.39, 0.29) is 11.9 Å². The van der Waals surface area contributed by atoms with Gasteiger partial charge in [0.05, 0.1) is 11.6 Å². The van der Waals surface area contributed by atoms with E-state index in [0.29, 0.717) is 11.4 Å². The van der Waals surface area contributed by atoms with Crippen LogP contribution < -0.4 is 10.6 Å². The molecule has 2 aromatic rings. The average Bonchev–Trinajstić information content (AvgIpc) is 2.85. The smallest absolute Gasteiger partial charge is 0.255 e. The van der Waals surface area contributed by atoms with E-state index in [9.17, 15) is 4.79 Å². The number of carbonyl (C=O) groups is 1. The molecule has 0 aliphatic rings. The molecule has 0 aliphatic heterocycles. The summed E-state index contributed by atoms with van der Waals surface area (Å²) in [5.74, 6) is 0.417. The van der Waals surface area contributed by atoms with E-state index in [4.69, 9.17) is 0 Å². The second-order valence-corrected chi connectivity index (χ2v) is 5.06. The highest BCUT2D eigenvalue weighted by molar-refractivity contribution is 7.09. The molecule has 0 bridgehead atoms. The van der Waals surface area contributed by atoms with E-state index in [0.717, 1.165) is 10.7 Å². The lowest BCUT2D eigenvalue weighted by molar-refractivity contribution is 0.0940. The largest absolute Gasteiger partial charge is 0.372 e. The maximum atomic E-state index is 12.2. The van der Waals surface area contributed by atoms with Crippen molar-refractivity contribution in [1.29, 1.82) is 0 Å². The lowest BCUT2D eigenvalue weighted by atomic mass is 10.2. The molecule has 0 radical (unpaired) electrons. The van der Waals surface area contributed by atoms with Gasteiger partial charge in [-0.2, -0.15) is 0 Å². The van der Waals surface area contributed by atoms with Crippen molar-refractivity contribution in [3.05, 3.63) is 40.0 Å². The molecule has 0 spiro atoms. The highest BCUT2D eigenvalue weighted by Gasteiger charge is 2.16. The quantitative estimate of drug-likeness (QED) is 0.899. The SMILES string of the molecule is CNc1ncccc1C(=O)NC(C)c1nc(C)cs1. The van der Waals surface area contributed by atoms with Crippen molar-refractivity contribution < 1.29 is 4.79 Å². The second-order valence-electron chi connectivity index (χ2n) is 4.17. The van der Waals surface area contributed by atoms with Gasteiger partial charge in [-0.25, -0.2) is 9.97 Å². The first kappa shape index (κ1) is 13.5. The van der Waals surface area contributed by atoms with Gasteiger partial charge >= 0.3 is 0 Å². The summed E-state index contributed by atoms with van der Waals surface area (Å²) in [6.07, 6.45) is 1.65. The predicted octanol–water partition coefficient (Wildman–Crippen LogP) is 2.38. The summed E-state index contributed by atoms with van der Waals surface area (Å²) in [7, 11) is 1.74. The van der Waals surface area contributed by atoms with Crippen LogP contribution in [0, 0.1) is 6.92 Å². The molecule has 5 nitrogen and oxygen atoms in total. The van der Waals surface area contributed by atoms with Crippen LogP contribution in [0.2, 0.25) is 0 Å². The zero-order valence-electron chi connectivity index (χ0n) is 11.1. The molecule has 0 aliphatic carbocycles. The molecule has 2 rings (SSSR count). The number of amides is 1. The fourth-order valence-electron chi connectivity index (χ4n) is 1.69. The van der Waals surface area contributed by atoms with Gasteiger partial charge in [-0.15, -0.1) is 11.3 Å². The number of hydrogen-bond donors (Lipinski definition) is 2. The molecular weight excluding hydrogens is 260 g/mol. The Morgan fingerprint density at radius 3 is 2.89 bits per heavy atom. The third kappa shape index (κ3) is 3.08. The number of carbonyl (C=O) groups excluding carboxylic acids is 1. The minimum atomic E-state index is -0.155. The second kappa shape index (κ2) is 5.79. The van der Waals surface area contributed by atoms with Crippen LogP contribution in [-0.4, -0.2) is 22.9 Å². The Balaban J connectivity index is 2.12. The fraction of sp³-hybridized carbons (Fsp3) is 0.308. The molecule has 0 fully saturated rings. The molecular formula is C13H16N4OS. The Bertz CT molecular complexity index is 582. The number of aromatic nitrogens is 2. The zero-order valence-corrected chi connectivity index (χ0v) is 11.9. The summed E-state index contributed by atoms with van der Waals surface area (Å²) in [5, 5.41) is 8.71. The lowest BCUT2D eigenvalue weighted by Crippen LogP contribution is -2.27. The van der Waals surface area contributed by atoms with Crippen molar-refractivity contribution in [3.63, 3.8) is 0 Å². The van der Waals surface area contributed by atoms with Crippen LogP contribution in [0.25, 0.3) is 0 Å². The van der Waals surface area contributed by atoms with Crippen LogP contribution >= 0.6 is 11.3 Å². The van der Waals surface area contributed by atoms with Gasteiger partial charge in [0.1, 0.15) is 10.8 Å². The highest BCUT2D eigenvalue weighted by Crippen LogP contribution is 2.19. The Labute approximate surface area is 116 Å². The lowest BCUT2D eigenvalue weighted by Gasteiger charge is -2.13. The molecule has 1 unspecified atom stereocenters. The molecule has 100 valence electrons. The molecule has 2 aromatic heterocycles. The molecule has 6 heteroatoms. The first-order valence-corrected chi connectivity index (χ1v) is 6.85. The third-order valence-corrected chi connectivity index (χ3v) is 3.79. The predicted molar refractivity (Wildman–Crippen MR) is 76.5 cm³/mol. The number of pyridine rings is 1. The van der Waals surface area contributed by atoms with E-state index in [1.165, 1.54) is 0 Å². The van der Waals surface area contributed by atoms with Gasteiger partial charge in [0.25, 0.3) is 5.91 Å². The minimum absolute atomic E-state index is 0.115. The Hall–Kier alpha value is -1.95. The highest BCUT2D eigenvalue weighted by atomic mass is 32.1. The van der Waals surface area contributed by atoms with Crippen molar-refractivity contribution >= 4 is 23.1 Å². The van der Waals surface area contributed by atoms with Crippen LogP contribution in [0.15, 0.2) is 23.7 Å². The van der Waals surface area contributed by atoms with Crippen LogP contribution in [0.1, 0.15) is 34.0 Å². The van der Waals surface area contributed by atoms with Crippen LogP contribution in [0.4, 0.5) is 5.82 Å². The molecule has 0 saturated heterocycles. The maximum Gasteiger partial charge on any atom is 0.255 e. The van der Waals surface area contributed by atoms with E-state index >= 15 is 0 Å². The third-order valence-electron chi connectivity index (χ3n) is 2.64. The monoisotopic (exact) mass is 276 g/mol. The van der Waals surface area contributed by atoms with Crippen molar-refractivity contribution in [2.75, 3.05) is 12.4 Å². The molecule has 0 aromatic carbocycles. The van der Waals surface area contributed by atoms with Gasteiger partial charge < -0.3 is 10.6 Å². The first-order valence-electron chi connectivity index (χ1n) is 5.97. The van der Waals surface area contributed by atoms with Crippen LogP contribution in [0.5, 0.6) is 0 Å². The summed E-state index contributed by atoms with van der Waals surface area (Å²) < 4.78 is 0. The molecule has 19 heavy (non-hydrogen) atoms. The number of anilines is 1. The number of rotatable bonds is 4. The van der Waals surface area contributed by atoms with Gasteiger partial charge in [0.2, 0.25) is 0 Å². The van der Waals surface area contributed by atoms with E-state index in [2.05, 4.69) is 20.6 Å². The van der Waals surface area contributed by atoms with E-state index in [1.807, 2.05) is 19.2 Å². The Morgan fingerprint density at radius 1 is 1.47 bits per heavy atom. The van der Waals surface area contributed by atoms with E-state index in [1.54, 1.807) is 36.7 Å². The summed E-state index contributed by atoms with van der Waals surface area (Å²) in [6.45, 7) is 3.86. The van der Waals surface area contributed by atoms with Crippen molar-refractivity contribution in [3.8, 4) is 0 Å². The molecule has 1 amide bonds. The maximum absolute atomic E-state index is 12.2. The van der Waals surface area contributed by atoms with Gasteiger partial charge in [-0.1, -0.05) is 0 Å². The first-order chi connectivity index (χ1) is 9.11. The standard InChI is InChI=1S/C13H16N4OS/c1-8-7-19-13(16-8)9(2)17-12(18)10-5-4-6-15-11(10)14-3/h4-7,9H,1-3H3,(H,14,15)(H,17,18). The summed E-state index contributed by atoms with van der Waals surface area (Å²) in [4.78, 5) is 20.7. The topological polar surface area (TPSA) is 66.9 Å². The van der Waals surface area contributed by atoms with Crippen LogP contribution in [0.3, 0.4) is 0 Å². The zero-order chi connectivity index (χ0) is 13.8.